The summed E-state index contributed by atoms with van der Waals surface area (Å²) >= 11 is 13.3. The number of hydrogen-bond acceptors (Lipinski definition) is 6. The topological polar surface area (TPSA) is 71.5 Å². The quantitative estimate of drug-likeness (QED) is 0.614. The van der Waals surface area contributed by atoms with Crippen molar-refractivity contribution in [2.45, 2.75) is 4.90 Å². The Hall–Kier alpha value is -2.00. The van der Waals surface area contributed by atoms with Crippen molar-refractivity contribution in [2.24, 2.45) is 0 Å². The number of rotatable bonds is 4. The van der Waals surface area contributed by atoms with Crippen molar-refractivity contribution in [1.82, 2.24) is 4.98 Å². The van der Waals surface area contributed by atoms with E-state index in [1.165, 1.54) is 17.4 Å². The first-order valence-corrected chi connectivity index (χ1v) is 11.4. The van der Waals surface area contributed by atoms with Gasteiger partial charge in [0, 0.05) is 23.0 Å². The van der Waals surface area contributed by atoms with E-state index in [4.69, 9.17) is 27.9 Å². The van der Waals surface area contributed by atoms with Crippen molar-refractivity contribution in [2.75, 3.05) is 29.8 Å². The lowest BCUT2D eigenvalue weighted by Crippen LogP contribution is -2.29. The van der Waals surface area contributed by atoms with Gasteiger partial charge >= 0.3 is 0 Å². The number of aromatic nitrogens is 1. The van der Waals surface area contributed by atoms with Gasteiger partial charge in [0.15, 0.2) is 5.13 Å². The molecular formula is C18H15Cl2N3O3S2. The van der Waals surface area contributed by atoms with Crippen LogP contribution in [0.4, 0.5) is 10.8 Å². The Labute approximate surface area is 176 Å². The molecule has 146 valence electrons. The normalized spacial score (nSPS) is 13.8. The smallest absolute Gasteiger partial charge is 0.263 e. The van der Waals surface area contributed by atoms with Crippen LogP contribution in [0.1, 0.15) is 0 Å². The molecule has 2 aromatic carbocycles. The van der Waals surface area contributed by atoms with Crippen LogP contribution >= 0.6 is 34.5 Å². The van der Waals surface area contributed by atoms with Crippen LogP contribution in [0.5, 0.6) is 5.75 Å². The highest BCUT2D eigenvalue weighted by Gasteiger charge is 2.22. The minimum Gasteiger partial charge on any atom is -0.490 e. The number of hydrogen-bond donors (Lipinski definition) is 1. The van der Waals surface area contributed by atoms with Crippen LogP contribution in [0.2, 0.25) is 10.0 Å². The molecule has 0 fully saturated rings. The van der Waals surface area contributed by atoms with Gasteiger partial charge < -0.3 is 9.64 Å². The highest BCUT2D eigenvalue weighted by Crippen LogP contribution is 2.35. The number of nitrogens with zero attached hydrogens (tertiary/aromatic N) is 2. The second kappa shape index (κ2) is 7.44. The molecule has 1 aliphatic heterocycles. The lowest BCUT2D eigenvalue weighted by Gasteiger charge is -2.27. The first-order chi connectivity index (χ1) is 13.3. The van der Waals surface area contributed by atoms with Crippen LogP contribution in [0, 0.1) is 0 Å². The number of thiazole rings is 1. The molecule has 28 heavy (non-hydrogen) atoms. The standard InChI is InChI=1S/C18H15Cl2N3O3S2/c1-23-6-7-26-17-5-3-12(9-16(17)23)28(24,25)22-18-21-15(10-27-18)13-4-2-11(19)8-14(13)20/h2-5,8-10H,6-7H2,1H3,(H,21,22). The average Bonchev–Trinajstić information content (AvgIpc) is 3.09. The van der Waals surface area contributed by atoms with Gasteiger partial charge in [-0.1, -0.05) is 23.2 Å². The van der Waals surface area contributed by atoms with Crippen molar-refractivity contribution in [3.8, 4) is 17.0 Å². The molecule has 0 amide bonds. The van der Waals surface area contributed by atoms with Crippen molar-refractivity contribution in [3.05, 3.63) is 51.8 Å². The van der Waals surface area contributed by atoms with Gasteiger partial charge in [-0.25, -0.2) is 13.4 Å². The van der Waals surface area contributed by atoms with Crippen LogP contribution in [-0.2, 0) is 10.0 Å². The number of fused-ring (bicyclic) bond motifs is 1. The van der Waals surface area contributed by atoms with Crippen molar-refractivity contribution >= 4 is 55.4 Å². The zero-order valence-corrected chi connectivity index (χ0v) is 17.8. The Morgan fingerprint density at radius 1 is 1.21 bits per heavy atom. The van der Waals surface area contributed by atoms with Gasteiger partial charge in [-0.05, 0) is 36.4 Å². The molecule has 0 radical (unpaired) electrons. The third-order valence-corrected chi connectivity index (χ3v) is 7.04. The summed E-state index contributed by atoms with van der Waals surface area (Å²) in [7, 11) is -1.90. The number of likely N-dealkylation sites (N-methyl/N-ethyl adjacent to an activating group) is 1. The molecule has 10 heteroatoms. The van der Waals surface area contributed by atoms with E-state index in [9.17, 15) is 8.42 Å². The van der Waals surface area contributed by atoms with Gasteiger partial charge in [-0.15, -0.1) is 11.3 Å². The van der Waals surface area contributed by atoms with Gasteiger partial charge in [-0.3, -0.25) is 4.72 Å². The van der Waals surface area contributed by atoms with Gasteiger partial charge in [0.1, 0.15) is 12.4 Å². The Morgan fingerprint density at radius 3 is 2.82 bits per heavy atom. The maximum atomic E-state index is 12.8. The molecule has 4 rings (SSSR count). The fourth-order valence-electron chi connectivity index (χ4n) is 2.81. The maximum absolute atomic E-state index is 12.8. The summed E-state index contributed by atoms with van der Waals surface area (Å²) in [5, 5.41) is 2.96. The highest BCUT2D eigenvalue weighted by molar-refractivity contribution is 7.93. The third kappa shape index (κ3) is 3.77. The van der Waals surface area contributed by atoms with E-state index in [1.807, 2.05) is 11.9 Å². The molecule has 0 saturated heterocycles. The van der Waals surface area contributed by atoms with E-state index in [-0.39, 0.29) is 10.0 Å². The van der Waals surface area contributed by atoms with Crippen molar-refractivity contribution in [1.29, 1.82) is 0 Å². The van der Waals surface area contributed by atoms with Gasteiger partial charge in [-0.2, -0.15) is 0 Å². The summed E-state index contributed by atoms with van der Waals surface area (Å²) in [6, 6.07) is 9.86. The first kappa shape index (κ1) is 19.3. The summed E-state index contributed by atoms with van der Waals surface area (Å²) in [5.41, 5.74) is 1.99. The number of nitrogens with one attached hydrogen (secondary N) is 1. The Balaban J connectivity index is 1.61. The molecule has 0 bridgehead atoms. The second-order valence-electron chi connectivity index (χ2n) is 6.17. The van der Waals surface area contributed by atoms with Crippen LogP contribution < -0.4 is 14.4 Å². The second-order valence-corrected chi connectivity index (χ2v) is 9.55. The minimum atomic E-state index is -3.79. The molecule has 3 aromatic rings. The summed E-state index contributed by atoms with van der Waals surface area (Å²) in [5.74, 6) is 0.668. The zero-order chi connectivity index (χ0) is 19.9. The van der Waals surface area contributed by atoms with E-state index >= 15 is 0 Å². The number of sulfonamides is 1. The van der Waals surface area contributed by atoms with E-state index in [2.05, 4.69) is 9.71 Å². The molecule has 0 saturated carbocycles. The van der Waals surface area contributed by atoms with E-state index < -0.39 is 10.0 Å². The summed E-state index contributed by atoms with van der Waals surface area (Å²) in [4.78, 5) is 6.45. The SMILES string of the molecule is CN1CCOc2ccc(S(=O)(=O)Nc3nc(-c4ccc(Cl)cc4Cl)cs3)cc21. The number of benzene rings is 2. The monoisotopic (exact) mass is 455 g/mol. The summed E-state index contributed by atoms with van der Waals surface area (Å²) in [6.07, 6.45) is 0. The minimum absolute atomic E-state index is 0.143. The van der Waals surface area contributed by atoms with Gasteiger partial charge in [0.05, 0.1) is 27.8 Å². The molecule has 6 nitrogen and oxygen atoms in total. The molecule has 0 unspecified atom stereocenters. The number of ether oxygens (including phenoxy) is 1. The number of anilines is 2. The Kier molecular flexibility index (Phi) is 5.13. The molecule has 1 aromatic heterocycles. The molecular weight excluding hydrogens is 441 g/mol. The molecule has 0 aliphatic carbocycles. The van der Waals surface area contributed by atoms with Crippen LogP contribution in [-0.4, -0.2) is 33.6 Å². The summed E-state index contributed by atoms with van der Waals surface area (Å²) < 4.78 is 33.7. The van der Waals surface area contributed by atoms with E-state index in [0.717, 1.165) is 5.69 Å². The van der Waals surface area contributed by atoms with E-state index in [1.54, 1.807) is 35.7 Å². The maximum Gasteiger partial charge on any atom is 0.263 e. The Bertz CT molecular complexity index is 1150. The largest absolute Gasteiger partial charge is 0.490 e. The molecule has 1 aliphatic rings. The lowest BCUT2D eigenvalue weighted by atomic mass is 10.2. The van der Waals surface area contributed by atoms with Gasteiger partial charge in [0.25, 0.3) is 10.0 Å². The molecule has 2 heterocycles. The van der Waals surface area contributed by atoms with Crippen LogP contribution in [0.15, 0.2) is 46.7 Å². The fourth-order valence-corrected chi connectivity index (χ4v) is 5.30. The van der Waals surface area contributed by atoms with Crippen LogP contribution in [0.3, 0.4) is 0 Å². The summed E-state index contributed by atoms with van der Waals surface area (Å²) in [6.45, 7) is 1.27. The fraction of sp³-hybridized carbons (Fsp3) is 0.167. The van der Waals surface area contributed by atoms with Crippen molar-refractivity contribution in [3.63, 3.8) is 0 Å². The predicted molar refractivity (Wildman–Crippen MR) is 114 cm³/mol. The zero-order valence-electron chi connectivity index (χ0n) is 14.6. The molecule has 0 spiro atoms. The average molecular weight is 456 g/mol. The number of halogens is 2. The Morgan fingerprint density at radius 2 is 2.04 bits per heavy atom. The molecule has 1 N–H and O–H groups in total. The lowest BCUT2D eigenvalue weighted by molar-refractivity contribution is 0.311. The predicted octanol–water partition coefficient (Wildman–Crippen LogP) is 4.75. The van der Waals surface area contributed by atoms with E-state index in [0.29, 0.717) is 40.2 Å². The molecule has 0 atom stereocenters. The first-order valence-electron chi connectivity index (χ1n) is 8.25. The van der Waals surface area contributed by atoms with Gasteiger partial charge in [0.2, 0.25) is 0 Å². The highest BCUT2D eigenvalue weighted by atomic mass is 35.5. The van der Waals surface area contributed by atoms with Crippen LogP contribution in [0.25, 0.3) is 11.3 Å². The van der Waals surface area contributed by atoms with Crippen molar-refractivity contribution < 1.29 is 13.2 Å². The third-order valence-electron chi connectivity index (χ3n) is 4.27.